The van der Waals surface area contributed by atoms with E-state index < -0.39 is 0 Å². The molecule has 3 aromatic heterocycles. The van der Waals surface area contributed by atoms with E-state index >= 15 is 0 Å². The number of oxazole rings is 1. The fourth-order valence-electron chi connectivity index (χ4n) is 4.04. The molecule has 3 aromatic rings. The van der Waals surface area contributed by atoms with Gasteiger partial charge in [-0.3, -0.25) is 9.59 Å². The van der Waals surface area contributed by atoms with Crippen LogP contribution in [0.4, 0.5) is 5.69 Å². The SMILES string of the molecule is CCC(=O)N1C[C@H](C)C[C@H](Nc2c(-c3nc(C(=O)NC)co3)cnc3[nH]ccc23)C1. The third kappa shape index (κ3) is 3.74. The Labute approximate surface area is 174 Å². The molecule has 2 amide bonds. The van der Waals surface area contributed by atoms with Crippen molar-refractivity contribution >= 4 is 28.5 Å². The molecule has 30 heavy (non-hydrogen) atoms. The second kappa shape index (κ2) is 8.17. The summed E-state index contributed by atoms with van der Waals surface area (Å²) < 4.78 is 5.60. The van der Waals surface area contributed by atoms with Crippen LogP contribution < -0.4 is 10.6 Å². The van der Waals surface area contributed by atoms with Gasteiger partial charge in [-0.05, 0) is 18.4 Å². The van der Waals surface area contributed by atoms with E-state index in [1.54, 1.807) is 13.2 Å². The van der Waals surface area contributed by atoms with Gasteiger partial charge in [0.15, 0.2) is 5.69 Å². The van der Waals surface area contributed by atoms with Crippen molar-refractivity contribution in [3.05, 3.63) is 30.4 Å². The summed E-state index contributed by atoms with van der Waals surface area (Å²) in [6, 6.07) is 2.02. The Kier molecular flexibility index (Phi) is 5.43. The number of hydrogen-bond acceptors (Lipinski definition) is 6. The highest BCUT2D eigenvalue weighted by molar-refractivity contribution is 5.98. The number of amides is 2. The zero-order valence-corrected chi connectivity index (χ0v) is 17.4. The number of piperidine rings is 1. The third-order valence-corrected chi connectivity index (χ3v) is 5.44. The van der Waals surface area contributed by atoms with Crippen molar-refractivity contribution in [3.63, 3.8) is 0 Å². The molecule has 158 valence electrons. The van der Waals surface area contributed by atoms with Crippen molar-refractivity contribution in [2.24, 2.45) is 5.92 Å². The van der Waals surface area contributed by atoms with Gasteiger partial charge in [0.1, 0.15) is 11.9 Å². The number of carbonyl (C=O) groups excluding carboxylic acids is 2. The van der Waals surface area contributed by atoms with Gasteiger partial charge in [0.2, 0.25) is 11.8 Å². The number of nitrogens with zero attached hydrogens (tertiary/aromatic N) is 3. The van der Waals surface area contributed by atoms with Crippen LogP contribution in [-0.4, -0.2) is 57.8 Å². The first-order valence-corrected chi connectivity index (χ1v) is 10.2. The minimum absolute atomic E-state index is 0.0804. The lowest BCUT2D eigenvalue weighted by Gasteiger charge is -2.37. The number of aromatic amines is 1. The first-order chi connectivity index (χ1) is 14.5. The monoisotopic (exact) mass is 410 g/mol. The zero-order chi connectivity index (χ0) is 21.3. The molecule has 4 heterocycles. The van der Waals surface area contributed by atoms with E-state index in [0.29, 0.717) is 30.3 Å². The number of pyridine rings is 1. The predicted octanol–water partition coefficient (Wildman–Crippen LogP) is 2.64. The van der Waals surface area contributed by atoms with E-state index in [2.05, 4.69) is 32.5 Å². The van der Waals surface area contributed by atoms with Crippen LogP contribution >= 0.6 is 0 Å². The Bertz CT molecular complexity index is 1070. The first-order valence-electron chi connectivity index (χ1n) is 10.2. The third-order valence-electron chi connectivity index (χ3n) is 5.44. The predicted molar refractivity (Wildman–Crippen MR) is 113 cm³/mol. The van der Waals surface area contributed by atoms with E-state index in [-0.39, 0.29) is 23.6 Å². The quantitative estimate of drug-likeness (QED) is 0.595. The average molecular weight is 410 g/mol. The van der Waals surface area contributed by atoms with Crippen LogP contribution in [0.1, 0.15) is 37.2 Å². The number of aromatic nitrogens is 3. The Morgan fingerprint density at radius 3 is 2.97 bits per heavy atom. The standard InChI is InChI=1S/C21H26N6O3/c1-4-17(28)27-9-12(2)7-13(10-27)25-18-14-5-6-23-19(14)24-8-15(18)21-26-16(11-30-21)20(29)22-3/h5-6,8,11-13H,4,7,9-10H2,1-3H3,(H,22,29)(H2,23,24,25)/t12-,13+/m1/s1. The summed E-state index contributed by atoms with van der Waals surface area (Å²) >= 11 is 0. The lowest BCUT2D eigenvalue weighted by Crippen LogP contribution is -2.48. The number of fused-ring (bicyclic) bond motifs is 1. The molecule has 0 bridgehead atoms. The Balaban J connectivity index is 1.70. The van der Waals surface area contributed by atoms with Crippen LogP contribution in [0.5, 0.6) is 0 Å². The van der Waals surface area contributed by atoms with Crippen molar-refractivity contribution in [1.82, 2.24) is 25.2 Å². The van der Waals surface area contributed by atoms with E-state index in [1.165, 1.54) is 6.26 Å². The lowest BCUT2D eigenvalue weighted by molar-refractivity contribution is -0.132. The largest absolute Gasteiger partial charge is 0.443 e. The fraction of sp³-hybridized carbons (Fsp3) is 0.429. The van der Waals surface area contributed by atoms with Gasteiger partial charge in [-0.2, -0.15) is 0 Å². The first kappa shape index (κ1) is 19.9. The molecule has 1 aliphatic rings. The molecule has 0 aromatic carbocycles. The van der Waals surface area contributed by atoms with Gasteiger partial charge in [0.05, 0.1) is 11.3 Å². The topological polar surface area (TPSA) is 116 Å². The highest BCUT2D eigenvalue weighted by atomic mass is 16.3. The fourth-order valence-corrected chi connectivity index (χ4v) is 4.04. The van der Waals surface area contributed by atoms with Crippen LogP contribution in [0.15, 0.2) is 29.1 Å². The average Bonchev–Trinajstić information content (AvgIpc) is 3.42. The van der Waals surface area contributed by atoms with Crippen LogP contribution in [0.3, 0.4) is 0 Å². The van der Waals surface area contributed by atoms with Gasteiger partial charge in [0.25, 0.3) is 5.91 Å². The van der Waals surface area contributed by atoms with E-state index in [0.717, 1.165) is 29.7 Å². The van der Waals surface area contributed by atoms with Crippen molar-refractivity contribution < 1.29 is 14.0 Å². The van der Waals surface area contributed by atoms with Crippen molar-refractivity contribution in [3.8, 4) is 11.5 Å². The van der Waals surface area contributed by atoms with Crippen LogP contribution in [0.25, 0.3) is 22.5 Å². The van der Waals surface area contributed by atoms with Crippen molar-refractivity contribution in [2.75, 3.05) is 25.5 Å². The molecule has 3 N–H and O–H groups in total. The van der Waals surface area contributed by atoms with E-state index in [4.69, 9.17) is 4.42 Å². The molecule has 9 nitrogen and oxygen atoms in total. The smallest absolute Gasteiger partial charge is 0.272 e. The molecular weight excluding hydrogens is 384 g/mol. The van der Waals surface area contributed by atoms with Crippen LogP contribution in [0, 0.1) is 5.92 Å². The molecular formula is C21H26N6O3. The summed E-state index contributed by atoms with van der Waals surface area (Å²) in [6.07, 6.45) is 6.29. The summed E-state index contributed by atoms with van der Waals surface area (Å²) in [7, 11) is 1.55. The lowest BCUT2D eigenvalue weighted by atomic mass is 9.95. The Morgan fingerprint density at radius 2 is 2.20 bits per heavy atom. The molecule has 1 aliphatic heterocycles. The Hall–Kier alpha value is -3.36. The minimum Gasteiger partial charge on any atom is -0.443 e. The van der Waals surface area contributed by atoms with Gasteiger partial charge >= 0.3 is 0 Å². The van der Waals surface area contributed by atoms with Gasteiger partial charge in [-0.15, -0.1) is 0 Å². The van der Waals surface area contributed by atoms with Gasteiger partial charge in [-0.25, -0.2) is 9.97 Å². The highest BCUT2D eigenvalue weighted by Crippen LogP contribution is 2.34. The number of rotatable bonds is 5. The minimum atomic E-state index is -0.315. The molecule has 0 spiro atoms. The number of anilines is 1. The molecule has 0 aliphatic carbocycles. The second-order valence-electron chi connectivity index (χ2n) is 7.74. The maximum absolute atomic E-state index is 12.3. The Morgan fingerprint density at radius 1 is 1.37 bits per heavy atom. The summed E-state index contributed by atoms with van der Waals surface area (Å²) in [4.78, 5) is 38.0. The molecule has 0 radical (unpaired) electrons. The maximum atomic E-state index is 12.3. The van der Waals surface area contributed by atoms with Gasteiger partial charge in [-0.1, -0.05) is 13.8 Å². The van der Waals surface area contributed by atoms with Crippen molar-refractivity contribution in [2.45, 2.75) is 32.7 Å². The molecule has 0 saturated carbocycles. The summed E-state index contributed by atoms with van der Waals surface area (Å²) in [5.74, 6) is 0.556. The van der Waals surface area contributed by atoms with Crippen LogP contribution in [0.2, 0.25) is 0 Å². The van der Waals surface area contributed by atoms with E-state index in [1.807, 2.05) is 24.1 Å². The van der Waals surface area contributed by atoms with Crippen molar-refractivity contribution in [1.29, 1.82) is 0 Å². The highest BCUT2D eigenvalue weighted by Gasteiger charge is 2.28. The zero-order valence-electron chi connectivity index (χ0n) is 17.4. The summed E-state index contributed by atoms with van der Waals surface area (Å²) in [5, 5.41) is 7.06. The van der Waals surface area contributed by atoms with E-state index in [9.17, 15) is 9.59 Å². The molecule has 0 unspecified atom stereocenters. The number of H-pyrrole nitrogens is 1. The molecule has 1 fully saturated rings. The summed E-state index contributed by atoms with van der Waals surface area (Å²) in [6.45, 7) is 5.47. The molecule has 1 saturated heterocycles. The number of likely N-dealkylation sites (tertiary alicyclic amines) is 1. The second-order valence-corrected chi connectivity index (χ2v) is 7.74. The number of hydrogen-bond donors (Lipinski definition) is 3. The van der Waals surface area contributed by atoms with Gasteiger partial charge < -0.3 is 24.9 Å². The normalized spacial score (nSPS) is 19.1. The van der Waals surface area contributed by atoms with Gasteiger partial charge in [0, 0.05) is 50.4 Å². The number of nitrogens with one attached hydrogen (secondary N) is 3. The molecule has 9 heteroatoms. The number of carbonyl (C=O) groups is 2. The molecule has 2 atom stereocenters. The molecule has 4 rings (SSSR count). The maximum Gasteiger partial charge on any atom is 0.272 e. The van der Waals surface area contributed by atoms with Crippen LogP contribution in [-0.2, 0) is 4.79 Å². The summed E-state index contributed by atoms with van der Waals surface area (Å²) in [5.41, 5.74) is 2.45.